The van der Waals surface area contributed by atoms with Crippen molar-refractivity contribution >= 4 is 10.9 Å². The molecule has 4 nitrogen and oxygen atoms in total. The second-order valence-electron chi connectivity index (χ2n) is 2.48. The van der Waals surface area contributed by atoms with E-state index >= 15 is 0 Å². The van der Waals surface area contributed by atoms with Gasteiger partial charge in [-0.3, -0.25) is 9.67 Å². The SMILES string of the molecule is Cn1nc2cnccc2c1C#N. The minimum Gasteiger partial charge on any atom is -0.262 e. The molecular formula is C8H6N4. The lowest BCUT2D eigenvalue weighted by Gasteiger charge is -1.86. The first kappa shape index (κ1) is 6.80. The number of nitriles is 1. The van der Waals surface area contributed by atoms with Crippen molar-refractivity contribution in [3.63, 3.8) is 0 Å². The summed E-state index contributed by atoms with van der Waals surface area (Å²) in [7, 11) is 1.75. The molecule has 4 heteroatoms. The van der Waals surface area contributed by atoms with E-state index in [0.717, 1.165) is 10.9 Å². The molecule has 2 aromatic heterocycles. The monoisotopic (exact) mass is 158 g/mol. The second-order valence-corrected chi connectivity index (χ2v) is 2.48. The summed E-state index contributed by atoms with van der Waals surface area (Å²) >= 11 is 0. The van der Waals surface area contributed by atoms with Gasteiger partial charge in [0.1, 0.15) is 17.3 Å². The van der Waals surface area contributed by atoms with Gasteiger partial charge in [0.2, 0.25) is 0 Å². The summed E-state index contributed by atoms with van der Waals surface area (Å²) in [6.07, 6.45) is 3.31. The van der Waals surface area contributed by atoms with Crippen LogP contribution in [0.15, 0.2) is 18.5 Å². The van der Waals surface area contributed by atoms with Gasteiger partial charge in [-0.15, -0.1) is 0 Å². The first-order chi connectivity index (χ1) is 5.83. The van der Waals surface area contributed by atoms with E-state index in [-0.39, 0.29) is 0 Å². The largest absolute Gasteiger partial charge is 0.262 e. The highest BCUT2D eigenvalue weighted by Gasteiger charge is 2.05. The van der Waals surface area contributed by atoms with Gasteiger partial charge in [-0.1, -0.05) is 0 Å². The van der Waals surface area contributed by atoms with E-state index in [9.17, 15) is 0 Å². The van der Waals surface area contributed by atoms with Gasteiger partial charge < -0.3 is 0 Å². The maximum Gasteiger partial charge on any atom is 0.146 e. The Bertz CT molecular complexity index is 463. The van der Waals surface area contributed by atoms with Crippen molar-refractivity contribution in [1.82, 2.24) is 14.8 Å². The predicted molar refractivity (Wildman–Crippen MR) is 43.2 cm³/mol. The molecule has 2 aromatic rings. The zero-order valence-electron chi connectivity index (χ0n) is 6.52. The smallest absolute Gasteiger partial charge is 0.146 e. The minimum absolute atomic E-state index is 0.576. The molecular weight excluding hydrogens is 152 g/mol. The molecule has 0 aromatic carbocycles. The fraction of sp³-hybridized carbons (Fsp3) is 0.125. The van der Waals surface area contributed by atoms with Crippen LogP contribution in [0.5, 0.6) is 0 Å². The molecule has 0 aliphatic rings. The van der Waals surface area contributed by atoms with Crippen LogP contribution in [0.2, 0.25) is 0 Å². The minimum atomic E-state index is 0.576. The van der Waals surface area contributed by atoms with Crippen LogP contribution in [0.3, 0.4) is 0 Å². The van der Waals surface area contributed by atoms with E-state index in [2.05, 4.69) is 16.2 Å². The lowest BCUT2D eigenvalue weighted by molar-refractivity contribution is 0.767. The zero-order chi connectivity index (χ0) is 8.55. The normalized spacial score (nSPS) is 10.0. The maximum absolute atomic E-state index is 8.77. The molecule has 0 atom stereocenters. The summed E-state index contributed by atoms with van der Waals surface area (Å²) in [6, 6.07) is 3.88. The van der Waals surface area contributed by atoms with Crippen LogP contribution >= 0.6 is 0 Å². The van der Waals surface area contributed by atoms with Crippen LogP contribution in [-0.4, -0.2) is 14.8 Å². The van der Waals surface area contributed by atoms with Gasteiger partial charge in [0.05, 0.1) is 6.20 Å². The maximum atomic E-state index is 8.77. The van der Waals surface area contributed by atoms with Crippen molar-refractivity contribution in [2.24, 2.45) is 7.05 Å². The van der Waals surface area contributed by atoms with Crippen molar-refractivity contribution in [1.29, 1.82) is 5.26 Å². The van der Waals surface area contributed by atoms with E-state index in [1.165, 1.54) is 0 Å². The van der Waals surface area contributed by atoms with Gasteiger partial charge in [-0.25, -0.2) is 0 Å². The molecule has 58 valence electrons. The molecule has 0 spiro atoms. The van der Waals surface area contributed by atoms with Crippen LogP contribution in [-0.2, 0) is 7.05 Å². The average molecular weight is 158 g/mol. The Morgan fingerprint density at radius 1 is 1.58 bits per heavy atom. The Hall–Kier alpha value is -1.89. The number of pyridine rings is 1. The lowest BCUT2D eigenvalue weighted by Crippen LogP contribution is -1.92. The van der Waals surface area contributed by atoms with Gasteiger partial charge in [0.15, 0.2) is 0 Å². The molecule has 2 heterocycles. The molecule has 0 aliphatic heterocycles. The molecule has 0 saturated carbocycles. The molecule has 0 radical (unpaired) electrons. The molecule has 0 amide bonds. The fourth-order valence-corrected chi connectivity index (χ4v) is 1.18. The summed E-state index contributed by atoms with van der Waals surface area (Å²) in [5.74, 6) is 0. The molecule has 12 heavy (non-hydrogen) atoms. The van der Waals surface area contributed by atoms with Crippen LogP contribution in [0, 0.1) is 11.3 Å². The Morgan fingerprint density at radius 2 is 2.42 bits per heavy atom. The van der Waals surface area contributed by atoms with E-state index in [0.29, 0.717) is 5.69 Å². The molecule has 0 N–H and O–H groups in total. The zero-order valence-corrected chi connectivity index (χ0v) is 6.52. The van der Waals surface area contributed by atoms with E-state index in [4.69, 9.17) is 5.26 Å². The standard InChI is InChI=1S/C8H6N4/c1-12-8(4-9)6-2-3-10-5-7(6)11-12/h2-3,5H,1H3. The molecule has 0 aliphatic carbocycles. The highest BCUT2D eigenvalue weighted by atomic mass is 15.3. The summed E-state index contributed by atoms with van der Waals surface area (Å²) in [5.41, 5.74) is 1.34. The number of hydrogen-bond acceptors (Lipinski definition) is 3. The van der Waals surface area contributed by atoms with Crippen LogP contribution in [0.4, 0.5) is 0 Å². The Morgan fingerprint density at radius 3 is 3.17 bits per heavy atom. The number of hydrogen-bond donors (Lipinski definition) is 0. The number of aromatic nitrogens is 3. The highest BCUT2D eigenvalue weighted by Crippen LogP contribution is 2.14. The van der Waals surface area contributed by atoms with Gasteiger partial charge in [0, 0.05) is 18.6 Å². The van der Waals surface area contributed by atoms with Gasteiger partial charge in [0.25, 0.3) is 0 Å². The van der Waals surface area contributed by atoms with E-state index in [1.807, 2.05) is 0 Å². The van der Waals surface area contributed by atoms with Crippen LogP contribution in [0.1, 0.15) is 5.69 Å². The van der Waals surface area contributed by atoms with Crippen molar-refractivity contribution in [3.8, 4) is 6.07 Å². The Labute approximate surface area is 69.1 Å². The highest BCUT2D eigenvalue weighted by molar-refractivity contribution is 5.82. The van der Waals surface area contributed by atoms with Crippen molar-refractivity contribution < 1.29 is 0 Å². The van der Waals surface area contributed by atoms with Gasteiger partial charge in [-0.05, 0) is 6.07 Å². The van der Waals surface area contributed by atoms with Crippen LogP contribution < -0.4 is 0 Å². The van der Waals surface area contributed by atoms with Crippen molar-refractivity contribution in [2.75, 3.05) is 0 Å². The number of nitrogens with zero attached hydrogens (tertiary/aromatic N) is 4. The Kier molecular flexibility index (Phi) is 1.31. The van der Waals surface area contributed by atoms with Crippen molar-refractivity contribution in [3.05, 3.63) is 24.2 Å². The predicted octanol–water partition coefficient (Wildman–Crippen LogP) is 0.840. The molecule has 0 bridgehead atoms. The number of fused-ring (bicyclic) bond motifs is 1. The summed E-state index contributed by atoms with van der Waals surface area (Å²) in [4.78, 5) is 3.92. The lowest BCUT2D eigenvalue weighted by atomic mass is 10.2. The molecule has 0 unspecified atom stereocenters. The first-order valence-electron chi connectivity index (χ1n) is 3.50. The van der Waals surface area contributed by atoms with Gasteiger partial charge in [-0.2, -0.15) is 10.4 Å². The van der Waals surface area contributed by atoms with Gasteiger partial charge >= 0.3 is 0 Å². The number of aryl methyl sites for hydroxylation is 1. The first-order valence-corrected chi connectivity index (χ1v) is 3.50. The van der Waals surface area contributed by atoms with Crippen molar-refractivity contribution in [2.45, 2.75) is 0 Å². The average Bonchev–Trinajstić information content (AvgIpc) is 2.40. The summed E-state index contributed by atoms with van der Waals surface area (Å²) in [5, 5.41) is 13.7. The van der Waals surface area contributed by atoms with Crippen LogP contribution in [0.25, 0.3) is 10.9 Å². The third-order valence-electron chi connectivity index (χ3n) is 1.74. The molecule has 0 saturated heterocycles. The Balaban J connectivity index is 2.93. The van der Waals surface area contributed by atoms with E-state index in [1.54, 1.807) is 30.2 Å². The fourth-order valence-electron chi connectivity index (χ4n) is 1.18. The third-order valence-corrected chi connectivity index (χ3v) is 1.74. The summed E-state index contributed by atoms with van der Waals surface area (Å²) < 4.78 is 1.56. The third kappa shape index (κ3) is 0.768. The molecule has 0 fully saturated rings. The molecule has 2 rings (SSSR count). The summed E-state index contributed by atoms with van der Waals surface area (Å²) in [6.45, 7) is 0. The quantitative estimate of drug-likeness (QED) is 0.570. The second kappa shape index (κ2) is 2.31. The number of rotatable bonds is 0. The topological polar surface area (TPSA) is 54.5 Å². The van der Waals surface area contributed by atoms with E-state index < -0.39 is 0 Å².